The van der Waals surface area contributed by atoms with Crippen LogP contribution in [0.3, 0.4) is 0 Å². The summed E-state index contributed by atoms with van der Waals surface area (Å²) >= 11 is 0. The molecule has 0 saturated heterocycles. The third kappa shape index (κ3) is 2.60. The SMILES string of the molecule is N#CCc1ccccc1-c1nc(-c2ccc(O)cc2)no1. The van der Waals surface area contributed by atoms with E-state index in [1.54, 1.807) is 24.3 Å². The first-order valence-electron chi connectivity index (χ1n) is 6.36. The normalized spacial score (nSPS) is 10.2. The molecule has 0 fully saturated rings. The van der Waals surface area contributed by atoms with Crippen LogP contribution in [0, 0.1) is 11.3 Å². The van der Waals surface area contributed by atoms with Crippen molar-refractivity contribution in [3.63, 3.8) is 0 Å². The highest BCUT2D eigenvalue weighted by Crippen LogP contribution is 2.26. The molecule has 0 unspecified atom stereocenters. The molecule has 21 heavy (non-hydrogen) atoms. The van der Waals surface area contributed by atoms with Gasteiger partial charge in [-0.25, -0.2) is 0 Å². The molecule has 1 heterocycles. The van der Waals surface area contributed by atoms with Crippen molar-refractivity contribution in [3.8, 4) is 34.7 Å². The summed E-state index contributed by atoms with van der Waals surface area (Å²) in [5.74, 6) is 1.00. The fourth-order valence-electron chi connectivity index (χ4n) is 2.03. The van der Waals surface area contributed by atoms with Crippen LogP contribution in [0.15, 0.2) is 53.1 Å². The van der Waals surface area contributed by atoms with Crippen molar-refractivity contribution in [1.29, 1.82) is 5.26 Å². The molecule has 0 radical (unpaired) electrons. The molecule has 5 heteroatoms. The number of phenols is 1. The molecule has 1 N–H and O–H groups in total. The highest BCUT2D eigenvalue weighted by molar-refractivity contribution is 5.63. The van der Waals surface area contributed by atoms with Gasteiger partial charge in [-0.2, -0.15) is 10.2 Å². The summed E-state index contributed by atoms with van der Waals surface area (Å²) in [6, 6.07) is 16.1. The summed E-state index contributed by atoms with van der Waals surface area (Å²) in [5.41, 5.74) is 2.36. The molecule has 0 aliphatic carbocycles. The molecular formula is C16H11N3O2. The maximum Gasteiger partial charge on any atom is 0.258 e. The van der Waals surface area contributed by atoms with Gasteiger partial charge >= 0.3 is 0 Å². The van der Waals surface area contributed by atoms with E-state index in [2.05, 4.69) is 16.2 Å². The Labute approximate surface area is 121 Å². The van der Waals surface area contributed by atoms with Crippen LogP contribution in [0.1, 0.15) is 5.56 Å². The Hall–Kier alpha value is -3.13. The maximum absolute atomic E-state index is 9.29. The lowest BCUT2D eigenvalue weighted by Gasteiger charge is -2.00. The first-order valence-corrected chi connectivity index (χ1v) is 6.36. The lowest BCUT2D eigenvalue weighted by atomic mass is 10.1. The van der Waals surface area contributed by atoms with Crippen LogP contribution in [0.5, 0.6) is 5.75 Å². The smallest absolute Gasteiger partial charge is 0.258 e. The fourth-order valence-corrected chi connectivity index (χ4v) is 2.03. The predicted molar refractivity (Wildman–Crippen MR) is 76.2 cm³/mol. The summed E-state index contributed by atoms with van der Waals surface area (Å²) in [6.07, 6.45) is 0.285. The van der Waals surface area contributed by atoms with Crippen molar-refractivity contribution in [1.82, 2.24) is 10.1 Å². The number of hydrogen-bond donors (Lipinski definition) is 1. The molecule has 0 atom stereocenters. The number of benzene rings is 2. The van der Waals surface area contributed by atoms with Gasteiger partial charge in [0.25, 0.3) is 5.89 Å². The van der Waals surface area contributed by atoms with Crippen molar-refractivity contribution in [2.24, 2.45) is 0 Å². The summed E-state index contributed by atoms with van der Waals surface area (Å²) < 4.78 is 5.29. The van der Waals surface area contributed by atoms with E-state index in [1.807, 2.05) is 24.3 Å². The Morgan fingerprint density at radius 1 is 1.10 bits per heavy atom. The standard InChI is InChI=1S/C16H11N3O2/c17-10-9-11-3-1-2-4-14(11)16-18-15(19-21-16)12-5-7-13(20)8-6-12/h1-8,20H,9H2. The third-order valence-corrected chi connectivity index (χ3v) is 3.07. The molecule has 0 aliphatic rings. The van der Waals surface area contributed by atoms with Crippen molar-refractivity contribution >= 4 is 0 Å². The highest BCUT2D eigenvalue weighted by atomic mass is 16.5. The number of nitrogens with zero attached hydrogens (tertiary/aromatic N) is 3. The van der Waals surface area contributed by atoms with Crippen LogP contribution in [-0.4, -0.2) is 15.2 Å². The van der Waals surface area contributed by atoms with E-state index < -0.39 is 0 Å². The van der Waals surface area contributed by atoms with Crippen LogP contribution in [0.2, 0.25) is 0 Å². The van der Waals surface area contributed by atoms with Gasteiger partial charge in [0, 0.05) is 11.1 Å². The van der Waals surface area contributed by atoms with Crippen molar-refractivity contribution in [2.75, 3.05) is 0 Å². The number of rotatable bonds is 3. The van der Waals surface area contributed by atoms with Crippen LogP contribution in [0.4, 0.5) is 0 Å². The topological polar surface area (TPSA) is 82.9 Å². The second-order valence-corrected chi connectivity index (χ2v) is 4.46. The molecule has 0 saturated carbocycles. The van der Waals surface area contributed by atoms with Gasteiger partial charge in [0.2, 0.25) is 5.82 Å². The quantitative estimate of drug-likeness (QED) is 0.795. The van der Waals surface area contributed by atoms with Gasteiger partial charge in [0.1, 0.15) is 5.75 Å². The molecule has 3 rings (SSSR count). The molecule has 102 valence electrons. The van der Waals surface area contributed by atoms with Crippen LogP contribution in [-0.2, 0) is 6.42 Å². The second-order valence-electron chi connectivity index (χ2n) is 4.46. The predicted octanol–water partition coefficient (Wildman–Crippen LogP) is 3.18. The van der Waals surface area contributed by atoms with Gasteiger partial charge in [-0.15, -0.1) is 0 Å². The Balaban J connectivity index is 1.99. The van der Waals surface area contributed by atoms with Gasteiger partial charge in [0.05, 0.1) is 12.5 Å². The van der Waals surface area contributed by atoms with Gasteiger partial charge in [-0.3, -0.25) is 0 Å². The molecule has 0 aliphatic heterocycles. The number of nitriles is 1. The van der Waals surface area contributed by atoms with Gasteiger partial charge in [-0.05, 0) is 35.9 Å². The summed E-state index contributed by atoms with van der Waals surface area (Å²) in [7, 11) is 0. The van der Waals surface area contributed by atoms with Crippen LogP contribution < -0.4 is 0 Å². The molecule has 5 nitrogen and oxygen atoms in total. The molecule has 2 aromatic carbocycles. The average Bonchev–Trinajstić information content (AvgIpc) is 2.99. The number of aromatic hydroxyl groups is 1. The fraction of sp³-hybridized carbons (Fsp3) is 0.0625. The molecular weight excluding hydrogens is 266 g/mol. The van der Waals surface area contributed by atoms with Crippen molar-refractivity contribution in [2.45, 2.75) is 6.42 Å². The molecule has 1 aromatic heterocycles. The van der Waals surface area contributed by atoms with Crippen molar-refractivity contribution < 1.29 is 9.63 Å². The van der Waals surface area contributed by atoms with E-state index in [1.165, 1.54) is 0 Å². The highest BCUT2D eigenvalue weighted by Gasteiger charge is 2.13. The lowest BCUT2D eigenvalue weighted by Crippen LogP contribution is -1.88. The zero-order valence-corrected chi connectivity index (χ0v) is 11.0. The third-order valence-electron chi connectivity index (χ3n) is 3.07. The van der Waals surface area contributed by atoms with E-state index in [9.17, 15) is 5.11 Å². The van der Waals surface area contributed by atoms with Gasteiger partial charge in [-0.1, -0.05) is 23.4 Å². The van der Waals surface area contributed by atoms with Gasteiger partial charge < -0.3 is 9.63 Å². The van der Waals surface area contributed by atoms with E-state index in [4.69, 9.17) is 9.78 Å². The Morgan fingerprint density at radius 3 is 2.62 bits per heavy atom. The molecule has 0 amide bonds. The molecule has 0 spiro atoms. The maximum atomic E-state index is 9.29. The minimum Gasteiger partial charge on any atom is -0.508 e. The molecule has 0 bridgehead atoms. The van der Waals surface area contributed by atoms with Crippen molar-refractivity contribution in [3.05, 3.63) is 54.1 Å². The first-order chi connectivity index (χ1) is 10.3. The first kappa shape index (κ1) is 12.9. The molecule has 3 aromatic rings. The summed E-state index contributed by atoms with van der Waals surface area (Å²) in [6.45, 7) is 0. The van der Waals surface area contributed by atoms with E-state index in [0.717, 1.165) is 16.7 Å². The Kier molecular flexibility index (Phi) is 3.36. The van der Waals surface area contributed by atoms with E-state index in [-0.39, 0.29) is 12.2 Å². The minimum absolute atomic E-state index is 0.182. The number of phenolic OH excluding ortho intramolecular Hbond substituents is 1. The minimum atomic E-state index is 0.182. The monoisotopic (exact) mass is 277 g/mol. The number of aromatic nitrogens is 2. The largest absolute Gasteiger partial charge is 0.508 e. The summed E-state index contributed by atoms with van der Waals surface area (Å²) in [4.78, 5) is 4.35. The lowest BCUT2D eigenvalue weighted by molar-refractivity contribution is 0.432. The van der Waals surface area contributed by atoms with Gasteiger partial charge in [0.15, 0.2) is 0 Å². The van der Waals surface area contributed by atoms with Crippen LogP contribution >= 0.6 is 0 Å². The summed E-state index contributed by atoms with van der Waals surface area (Å²) in [5, 5.41) is 22.1. The average molecular weight is 277 g/mol. The Morgan fingerprint density at radius 2 is 1.86 bits per heavy atom. The van der Waals surface area contributed by atoms with Crippen LogP contribution in [0.25, 0.3) is 22.8 Å². The zero-order valence-electron chi connectivity index (χ0n) is 11.0. The zero-order chi connectivity index (χ0) is 14.7. The number of hydrogen-bond acceptors (Lipinski definition) is 5. The second kappa shape index (κ2) is 5.47. The Bertz CT molecular complexity index is 801. The van der Waals surface area contributed by atoms with E-state index >= 15 is 0 Å². The van der Waals surface area contributed by atoms with E-state index in [0.29, 0.717) is 11.7 Å².